The van der Waals surface area contributed by atoms with Gasteiger partial charge >= 0.3 is 11.9 Å². The van der Waals surface area contributed by atoms with Crippen LogP contribution >= 0.6 is 0 Å². The standard InChI is InChI=1S/C9H11NO7/c1-15-4-8(13)16-5-9(14)17-10-6(11)2-3-7(10)12/h2-5H2,1H3. The summed E-state index contributed by atoms with van der Waals surface area (Å²) in [5.41, 5.74) is 0. The van der Waals surface area contributed by atoms with Crippen LogP contribution in [-0.2, 0) is 33.5 Å². The number of carbonyl (C=O) groups excluding carboxylic acids is 4. The van der Waals surface area contributed by atoms with Crippen molar-refractivity contribution in [3.63, 3.8) is 0 Å². The topological polar surface area (TPSA) is 99.2 Å². The number of ether oxygens (including phenoxy) is 2. The van der Waals surface area contributed by atoms with Crippen LogP contribution in [-0.4, -0.2) is 49.1 Å². The quantitative estimate of drug-likeness (QED) is 0.442. The van der Waals surface area contributed by atoms with Crippen LogP contribution in [0.25, 0.3) is 0 Å². The Kier molecular flexibility index (Phi) is 4.58. The highest BCUT2D eigenvalue weighted by molar-refractivity contribution is 6.01. The molecule has 8 heteroatoms. The molecule has 1 aliphatic rings. The van der Waals surface area contributed by atoms with E-state index >= 15 is 0 Å². The Bertz CT molecular complexity index is 335. The van der Waals surface area contributed by atoms with Gasteiger partial charge in [-0.25, -0.2) is 9.59 Å². The fourth-order valence-electron chi connectivity index (χ4n) is 1.08. The number of carbonyl (C=O) groups is 4. The van der Waals surface area contributed by atoms with Crippen molar-refractivity contribution < 1.29 is 33.5 Å². The highest BCUT2D eigenvalue weighted by Crippen LogP contribution is 2.11. The predicted molar refractivity (Wildman–Crippen MR) is 50.0 cm³/mol. The van der Waals surface area contributed by atoms with Crippen LogP contribution in [0.3, 0.4) is 0 Å². The molecule has 0 bridgehead atoms. The first-order chi connectivity index (χ1) is 8.04. The number of methoxy groups -OCH3 is 1. The minimum absolute atomic E-state index is 0.00950. The van der Waals surface area contributed by atoms with Crippen molar-refractivity contribution >= 4 is 23.8 Å². The van der Waals surface area contributed by atoms with Crippen LogP contribution < -0.4 is 0 Å². The van der Waals surface area contributed by atoms with E-state index in [4.69, 9.17) is 0 Å². The predicted octanol–water partition coefficient (Wildman–Crippen LogP) is -1.22. The fraction of sp³-hybridized carbons (Fsp3) is 0.556. The Labute approximate surface area is 96.4 Å². The van der Waals surface area contributed by atoms with Crippen molar-refractivity contribution in [2.24, 2.45) is 0 Å². The normalized spacial score (nSPS) is 15.0. The molecule has 0 unspecified atom stereocenters. The first-order valence-corrected chi connectivity index (χ1v) is 4.75. The van der Waals surface area contributed by atoms with Gasteiger partial charge in [0.2, 0.25) is 0 Å². The Morgan fingerprint density at radius 1 is 1.12 bits per heavy atom. The van der Waals surface area contributed by atoms with Gasteiger partial charge in [-0.05, 0) is 0 Å². The van der Waals surface area contributed by atoms with E-state index in [-0.39, 0.29) is 19.4 Å². The lowest BCUT2D eigenvalue weighted by Crippen LogP contribution is -2.34. The van der Waals surface area contributed by atoms with E-state index in [1.165, 1.54) is 7.11 Å². The van der Waals surface area contributed by atoms with Crippen LogP contribution in [0.1, 0.15) is 12.8 Å². The number of hydroxylamine groups is 2. The molecule has 17 heavy (non-hydrogen) atoms. The third-order valence-corrected chi connectivity index (χ3v) is 1.81. The molecule has 1 saturated heterocycles. The number of nitrogens with zero attached hydrogens (tertiary/aromatic N) is 1. The zero-order valence-corrected chi connectivity index (χ0v) is 9.13. The summed E-state index contributed by atoms with van der Waals surface area (Å²) in [7, 11) is 1.29. The van der Waals surface area contributed by atoms with Crippen molar-refractivity contribution in [3.8, 4) is 0 Å². The Balaban J connectivity index is 2.32. The number of esters is 1. The van der Waals surface area contributed by atoms with E-state index in [9.17, 15) is 19.2 Å². The maximum atomic E-state index is 11.1. The van der Waals surface area contributed by atoms with E-state index in [1.54, 1.807) is 0 Å². The first kappa shape index (κ1) is 13.1. The maximum absolute atomic E-state index is 11.1. The summed E-state index contributed by atoms with van der Waals surface area (Å²) in [6.07, 6.45) is 0.0190. The summed E-state index contributed by atoms with van der Waals surface area (Å²) < 4.78 is 8.90. The number of amides is 2. The van der Waals surface area contributed by atoms with Crippen molar-refractivity contribution in [3.05, 3.63) is 0 Å². The molecule has 1 aliphatic heterocycles. The molecule has 8 nitrogen and oxygen atoms in total. The van der Waals surface area contributed by atoms with Crippen molar-refractivity contribution in [2.45, 2.75) is 12.8 Å². The summed E-state index contributed by atoms with van der Waals surface area (Å²) in [4.78, 5) is 48.5. The molecular weight excluding hydrogens is 234 g/mol. The third-order valence-electron chi connectivity index (χ3n) is 1.81. The van der Waals surface area contributed by atoms with E-state index in [0.717, 1.165) is 0 Å². The Morgan fingerprint density at radius 3 is 2.24 bits per heavy atom. The lowest BCUT2D eigenvalue weighted by molar-refractivity contribution is -0.201. The molecule has 0 atom stereocenters. The van der Waals surface area contributed by atoms with Crippen molar-refractivity contribution in [1.29, 1.82) is 0 Å². The lowest BCUT2D eigenvalue weighted by Gasteiger charge is -2.12. The molecule has 2 amide bonds. The van der Waals surface area contributed by atoms with E-state index in [0.29, 0.717) is 5.06 Å². The summed E-state index contributed by atoms with van der Waals surface area (Å²) in [6, 6.07) is 0. The molecule has 0 aromatic carbocycles. The third kappa shape index (κ3) is 3.83. The van der Waals surface area contributed by atoms with E-state index < -0.39 is 30.4 Å². The largest absolute Gasteiger partial charge is 0.452 e. The van der Waals surface area contributed by atoms with Gasteiger partial charge < -0.3 is 14.3 Å². The van der Waals surface area contributed by atoms with E-state index in [2.05, 4.69) is 14.3 Å². The second-order valence-corrected chi connectivity index (χ2v) is 3.14. The second-order valence-electron chi connectivity index (χ2n) is 3.14. The summed E-state index contributed by atoms with van der Waals surface area (Å²) in [5, 5.41) is 0.381. The highest BCUT2D eigenvalue weighted by Gasteiger charge is 2.32. The van der Waals surface area contributed by atoms with Gasteiger partial charge in [-0.15, -0.1) is 5.06 Å². The lowest BCUT2D eigenvalue weighted by atomic mass is 10.4. The SMILES string of the molecule is COCC(=O)OCC(=O)ON1C(=O)CCC1=O. The summed E-state index contributed by atoms with van der Waals surface area (Å²) >= 11 is 0. The molecule has 0 radical (unpaired) electrons. The van der Waals surface area contributed by atoms with Crippen molar-refractivity contribution in [1.82, 2.24) is 5.06 Å². The van der Waals surface area contributed by atoms with Gasteiger partial charge in [-0.3, -0.25) is 9.59 Å². The van der Waals surface area contributed by atoms with Crippen LogP contribution in [0, 0.1) is 0 Å². The first-order valence-electron chi connectivity index (χ1n) is 4.75. The van der Waals surface area contributed by atoms with Crippen LogP contribution in [0.4, 0.5) is 0 Å². The molecule has 94 valence electrons. The van der Waals surface area contributed by atoms with Crippen LogP contribution in [0.2, 0.25) is 0 Å². The zero-order valence-electron chi connectivity index (χ0n) is 9.13. The number of imide groups is 1. The molecule has 0 N–H and O–H groups in total. The molecule has 0 aromatic rings. The fourth-order valence-corrected chi connectivity index (χ4v) is 1.08. The van der Waals surface area contributed by atoms with Crippen LogP contribution in [0.15, 0.2) is 0 Å². The molecular formula is C9H11NO7. The summed E-state index contributed by atoms with van der Waals surface area (Å²) in [6.45, 7) is -0.978. The van der Waals surface area contributed by atoms with Crippen molar-refractivity contribution in [2.75, 3.05) is 20.3 Å². The number of hydrogen-bond donors (Lipinski definition) is 0. The van der Waals surface area contributed by atoms with Gasteiger partial charge in [0.15, 0.2) is 6.61 Å². The molecule has 1 rings (SSSR count). The minimum atomic E-state index is -1.00. The average Bonchev–Trinajstić information content (AvgIpc) is 2.58. The number of rotatable bonds is 5. The molecule has 0 spiro atoms. The zero-order chi connectivity index (χ0) is 12.8. The summed E-state index contributed by atoms with van der Waals surface area (Å²) in [5.74, 6) is -2.93. The van der Waals surface area contributed by atoms with Gasteiger partial charge in [0, 0.05) is 20.0 Å². The minimum Gasteiger partial charge on any atom is -0.452 e. The maximum Gasteiger partial charge on any atom is 0.370 e. The van der Waals surface area contributed by atoms with E-state index in [1.807, 2.05) is 0 Å². The second kappa shape index (κ2) is 5.94. The van der Waals surface area contributed by atoms with Gasteiger partial charge in [0.25, 0.3) is 11.8 Å². The van der Waals surface area contributed by atoms with Gasteiger partial charge in [0.05, 0.1) is 0 Å². The Hall–Kier alpha value is -1.96. The monoisotopic (exact) mass is 245 g/mol. The van der Waals surface area contributed by atoms with Crippen LogP contribution in [0.5, 0.6) is 0 Å². The molecule has 0 aromatic heterocycles. The molecule has 1 heterocycles. The van der Waals surface area contributed by atoms with Gasteiger partial charge in [-0.1, -0.05) is 0 Å². The smallest absolute Gasteiger partial charge is 0.370 e. The average molecular weight is 245 g/mol. The van der Waals surface area contributed by atoms with Gasteiger partial charge in [0.1, 0.15) is 6.61 Å². The molecule has 0 aliphatic carbocycles. The Morgan fingerprint density at radius 2 is 1.71 bits per heavy atom. The molecule has 0 saturated carbocycles. The molecule has 1 fully saturated rings. The number of hydrogen-bond acceptors (Lipinski definition) is 7. The highest BCUT2D eigenvalue weighted by atomic mass is 16.7. The van der Waals surface area contributed by atoms with Gasteiger partial charge in [-0.2, -0.15) is 0 Å².